The molecule has 0 fully saturated rings. The van der Waals surface area contributed by atoms with Crippen molar-refractivity contribution in [1.82, 2.24) is 15.3 Å². The van der Waals surface area contributed by atoms with Gasteiger partial charge in [-0.1, -0.05) is 6.07 Å². The maximum atomic E-state index is 11.0. The summed E-state index contributed by atoms with van der Waals surface area (Å²) in [6.07, 6.45) is 2.46. The van der Waals surface area contributed by atoms with Crippen molar-refractivity contribution in [2.45, 2.75) is 6.42 Å². The van der Waals surface area contributed by atoms with E-state index in [1.54, 1.807) is 17.5 Å². The Hall–Kier alpha value is -1.21. The zero-order valence-electron chi connectivity index (χ0n) is 10.6. The molecule has 0 unspecified atom stereocenters. The van der Waals surface area contributed by atoms with Crippen LogP contribution < -0.4 is 11.1 Å². The number of carbonyl (C=O) groups excluding carboxylic acids is 1. The third kappa shape index (κ3) is 5.42. The van der Waals surface area contributed by atoms with Crippen molar-refractivity contribution in [2.24, 2.45) is 5.73 Å². The van der Waals surface area contributed by atoms with Crippen LogP contribution in [0.4, 0.5) is 0 Å². The standard InChI is InChI=1S/C12H14N4OS.2ClH/c13-7-11(17)15-6-4-12-16-10(8-18-12)9-3-1-2-5-14-9;;/h1-3,5,8H,4,6-7,13H2,(H,15,17);2*1H. The van der Waals surface area contributed by atoms with E-state index in [4.69, 9.17) is 5.73 Å². The Bertz CT molecular complexity index is 521. The van der Waals surface area contributed by atoms with Crippen molar-refractivity contribution in [3.63, 3.8) is 0 Å². The van der Waals surface area contributed by atoms with Crippen molar-refractivity contribution in [2.75, 3.05) is 13.1 Å². The quantitative estimate of drug-likeness (QED) is 0.871. The molecule has 3 N–H and O–H groups in total. The van der Waals surface area contributed by atoms with Crippen LogP contribution in [0.15, 0.2) is 29.8 Å². The predicted octanol–water partition coefficient (Wildman–Crippen LogP) is 1.67. The van der Waals surface area contributed by atoms with Gasteiger partial charge in [0.1, 0.15) is 0 Å². The summed E-state index contributed by atoms with van der Waals surface area (Å²) in [5, 5.41) is 5.67. The average Bonchev–Trinajstić information content (AvgIpc) is 2.88. The first-order valence-electron chi connectivity index (χ1n) is 5.62. The fourth-order valence-electron chi connectivity index (χ4n) is 1.44. The van der Waals surface area contributed by atoms with E-state index in [1.165, 1.54) is 0 Å². The highest BCUT2D eigenvalue weighted by Gasteiger charge is 2.05. The van der Waals surface area contributed by atoms with E-state index >= 15 is 0 Å². The highest BCUT2D eigenvalue weighted by Crippen LogP contribution is 2.19. The molecular weight excluding hydrogens is 319 g/mol. The SMILES string of the molecule is Cl.Cl.NCC(=O)NCCc1nc(-c2ccccn2)cs1. The Labute approximate surface area is 133 Å². The van der Waals surface area contributed by atoms with Gasteiger partial charge in [-0.15, -0.1) is 36.2 Å². The van der Waals surface area contributed by atoms with Crippen LogP contribution in [0.5, 0.6) is 0 Å². The first-order valence-corrected chi connectivity index (χ1v) is 6.50. The first kappa shape index (κ1) is 18.8. The first-order chi connectivity index (χ1) is 8.79. The summed E-state index contributed by atoms with van der Waals surface area (Å²) >= 11 is 1.57. The monoisotopic (exact) mass is 334 g/mol. The molecular formula is C12H16Cl2N4OS. The van der Waals surface area contributed by atoms with Crippen molar-refractivity contribution in [1.29, 1.82) is 0 Å². The van der Waals surface area contributed by atoms with E-state index in [9.17, 15) is 4.79 Å². The largest absolute Gasteiger partial charge is 0.355 e. The highest BCUT2D eigenvalue weighted by atomic mass is 35.5. The van der Waals surface area contributed by atoms with E-state index in [0.717, 1.165) is 16.4 Å². The minimum atomic E-state index is -0.142. The van der Waals surface area contributed by atoms with Gasteiger partial charge >= 0.3 is 0 Å². The molecule has 0 aliphatic carbocycles. The van der Waals surface area contributed by atoms with Crippen molar-refractivity contribution in [3.05, 3.63) is 34.8 Å². The number of amides is 1. The van der Waals surface area contributed by atoms with Crippen molar-refractivity contribution < 1.29 is 4.79 Å². The fraction of sp³-hybridized carbons (Fsp3) is 0.250. The third-order valence-corrected chi connectivity index (χ3v) is 3.23. The molecule has 0 atom stereocenters. The number of aromatic nitrogens is 2. The molecule has 110 valence electrons. The summed E-state index contributed by atoms with van der Waals surface area (Å²) in [6, 6.07) is 5.73. The van der Waals surface area contributed by atoms with Crippen molar-refractivity contribution >= 4 is 42.1 Å². The van der Waals surface area contributed by atoms with Gasteiger partial charge in [-0.25, -0.2) is 4.98 Å². The zero-order chi connectivity index (χ0) is 12.8. The van der Waals surface area contributed by atoms with Crippen LogP contribution in [0.1, 0.15) is 5.01 Å². The Kier molecular flexibility index (Phi) is 9.07. The number of carbonyl (C=O) groups is 1. The van der Waals surface area contributed by atoms with Gasteiger partial charge in [0.2, 0.25) is 5.91 Å². The zero-order valence-corrected chi connectivity index (χ0v) is 13.1. The van der Waals surface area contributed by atoms with Gasteiger partial charge in [-0.2, -0.15) is 0 Å². The lowest BCUT2D eigenvalue weighted by molar-refractivity contribution is -0.119. The fourth-order valence-corrected chi connectivity index (χ4v) is 2.23. The highest BCUT2D eigenvalue weighted by molar-refractivity contribution is 7.09. The molecule has 0 aromatic carbocycles. The van der Waals surface area contributed by atoms with Crippen LogP contribution in [0, 0.1) is 0 Å². The van der Waals surface area contributed by atoms with Crippen LogP contribution in [0.2, 0.25) is 0 Å². The van der Waals surface area contributed by atoms with Crippen molar-refractivity contribution in [3.8, 4) is 11.4 Å². The van der Waals surface area contributed by atoms with E-state index in [1.807, 2.05) is 23.6 Å². The number of pyridine rings is 1. The molecule has 0 bridgehead atoms. The molecule has 2 heterocycles. The second kappa shape index (κ2) is 9.66. The van der Waals surface area contributed by atoms with Crippen LogP contribution in [-0.2, 0) is 11.2 Å². The Morgan fingerprint density at radius 2 is 2.10 bits per heavy atom. The molecule has 0 aliphatic rings. The summed E-state index contributed by atoms with van der Waals surface area (Å²) in [7, 11) is 0. The van der Waals surface area contributed by atoms with Gasteiger partial charge in [0.25, 0.3) is 0 Å². The lowest BCUT2D eigenvalue weighted by Gasteiger charge is -2.00. The van der Waals surface area contributed by atoms with E-state index in [2.05, 4.69) is 15.3 Å². The molecule has 2 aromatic heterocycles. The minimum absolute atomic E-state index is 0. The topological polar surface area (TPSA) is 80.9 Å². The second-order valence-electron chi connectivity index (χ2n) is 3.65. The lowest BCUT2D eigenvalue weighted by Crippen LogP contribution is -2.31. The minimum Gasteiger partial charge on any atom is -0.355 e. The second-order valence-corrected chi connectivity index (χ2v) is 4.59. The van der Waals surface area contributed by atoms with Gasteiger partial charge in [-0.3, -0.25) is 9.78 Å². The number of nitrogens with two attached hydrogens (primary N) is 1. The molecule has 20 heavy (non-hydrogen) atoms. The number of rotatable bonds is 5. The Morgan fingerprint density at radius 3 is 2.75 bits per heavy atom. The van der Waals surface area contributed by atoms with Crippen LogP contribution in [0.25, 0.3) is 11.4 Å². The van der Waals surface area contributed by atoms with E-state index in [0.29, 0.717) is 13.0 Å². The molecule has 0 spiro atoms. The average molecular weight is 335 g/mol. The summed E-state index contributed by atoms with van der Waals surface area (Å²) in [5.41, 5.74) is 6.94. The summed E-state index contributed by atoms with van der Waals surface area (Å²) < 4.78 is 0. The summed E-state index contributed by atoms with van der Waals surface area (Å²) in [4.78, 5) is 19.7. The van der Waals surface area contributed by atoms with Crippen LogP contribution in [-0.4, -0.2) is 29.0 Å². The number of nitrogens with zero attached hydrogens (tertiary/aromatic N) is 2. The van der Waals surface area contributed by atoms with Crippen LogP contribution in [0.3, 0.4) is 0 Å². The maximum Gasteiger partial charge on any atom is 0.233 e. The maximum absolute atomic E-state index is 11.0. The third-order valence-electron chi connectivity index (χ3n) is 2.33. The molecule has 0 saturated heterocycles. The summed E-state index contributed by atoms with van der Waals surface area (Å²) in [5.74, 6) is -0.142. The van der Waals surface area contributed by atoms with Crippen LogP contribution >= 0.6 is 36.2 Å². The molecule has 2 rings (SSSR count). The molecule has 1 amide bonds. The van der Waals surface area contributed by atoms with Gasteiger partial charge in [0.05, 0.1) is 22.9 Å². The van der Waals surface area contributed by atoms with E-state index < -0.39 is 0 Å². The van der Waals surface area contributed by atoms with Gasteiger partial charge < -0.3 is 11.1 Å². The normalized spacial score (nSPS) is 9.25. The molecule has 0 radical (unpaired) electrons. The van der Waals surface area contributed by atoms with Gasteiger partial charge in [0, 0.05) is 24.5 Å². The molecule has 0 aliphatic heterocycles. The Morgan fingerprint density at radius 1 is 1.30 bits per heavy atom. The number of thiazole rings is 1. The smallest absolute Gasteiger partial charge is 0.233 e. The molecule has 2 aromatic rings. The summed E-state index contributed by atoms with van der Waals surface area (Å²) in [6.45, 7) is 0.586. The Balaban J connectivity index is 0.00000180. The van der Waals surface area contributed by atoms with Gasteiger partial charge in [0.15, 0.2) is 0 Å². The number of hydrogen-bond acceptors (Lipinski definition) is 5. The van der Waals surface area contributed by atoms with Gasteiger partial charge in [-0.05, 0) is 12.1 Å². The van der Waals surface area contributed by atoms with E-state index in [-0.39, 0.29) is 37.3 Å². The number of nitrogens with one attached hydrogen (secondary N) is 1. The molecule has 5 nitrogen and oxygen atoms in total. The predicted molar refractivity (Wildman–Crippen MR) is 85.6 cm³/mol. The molecule has 0 saturated carbocycles. The number of hydrogen-bond donors (Lipinski definition) is 2. The number of halogens is 2. The molecule has 8 heteroatoms. The lowest BCUT2D eigenvalue weighted by atomic mass is 10.3.